The van der Waals surface area contributed by atoms with Crippen LogP contribution in [0.15, 0.2) is 72.0 Å². The highest BCUT2D eigenvalue weighted by molar-refractivity contribution is 5.95. The Bertz CT molecular complexity index is 818. The van der Waals surface area contributed by atoms with Crippen molar-refractivity contribution in [3.05, 3.63) is 77.6 Å². The normalized spacial score (nSPS) is 11.3. The lowest BCUT2D eigenvalue weighted by atomic mass is 10.2. The number of carboxylic acids is 1. The average Bonchev–Trinajstić information content (AvgIpc) is 2.76. The van der Waals surface area contributed by atoms with Crippen molar-refractivity contribution in [1.82, 2.24) is 0 Å². The van der Waals surface area contributed by atoms with Gasteiger partial charge in [0.2, 0.25) is 0 Å². The molecule has 1 rings (SSSR count). The van der Waals surface area contributed by atoms with Crippen molar-refractivity contribution in [2.24, 2.45) is 0 Å². The van der Waals surface area contributed by atoms with Crippen molar-refractivity contribution in [2.75, 3.05) is 13.2 Å². The van der Waals surface area contributed by atoms with Gasteiger partial charge in [0.25, 0.3) is 0 Å². The van der Waals surface area contributed by atoms with Gasteiger partial charge in [-0.3, -0.25) is 0 Å². The largest absolute Gasteiger partial charge is 0.515 e. The molecule has 0 saturated heterocycles. The quantitative estimate of drug-likeness (QED) is 0.183. The van der Waals surface area contributed by atoms with Crippen molar-refractivity contribution in [2.45, 2.75) is 33.6 Å². The van der Waals surface area contributed by atoms with Gasteiger partial charge >= 0.3 is 17.9 Å². The van der Waals surface area contributed by atoms with Crippen molar-refractivity contribution >= 4 is 24.0 Å². The van der Waals surface area contributed by atoms with Crippen LogP contribution in [-0.2, 0) is 23.9 Å². The van der Waals surface area contributed by atoms with E-state index in [9.17, 15) is 14.4 Å². The number of ether oxygens (including phenoxy) is 2. The Kier molecular flexibility index (Phi) is 14.3. The maximum atomic E-state index is 11.5. The first kappa shape index (κ1) is 27.4. The molecule has 0 spiro atoms. The zero-order chi connectivity index (χ0) is 23.6. The van der Waals surface area contributed by atoms with Gasteiger partial charge < -0.3 is 19.7 Å². The molecule has 0 saturated carbocycles. The van der Waals surface area contributed by atoms with Crippen LogP contribution in [0.5, 0.6) is 0 Å². The fourth-order valence-corrected chi connectivity index (χ4v) is 1.89. The molecule has 0 fully saturated rings. The van der Waals surface area contributed by atoms with Gasteiger partial charge in [-0.1, -0.05) is 56.3 Å². The third kappa shape index (κ3) is 12.5. The molecule has 0 aromatic heterocycles. The first-order valence-corrected chi connectivity index (χ1v) is 9.78. The van der Waals surface area contributed by atoms with E-state index in [0.717, 1.165) is 24.5 Å². The second kappa shape index (κ2) is 16.2. The molecular formula is C24H30O7. The predicted molar refractivity (Wildman–Crippen MR) is 119 cm³/mol. The molecule has 0 atom stereocenters. The van der Waals surface area contributed by atoms with Crippen LogP contribution in [0.2, 0.25) is 0 Å². The van der Waals surface area contributed by atoms with Crippen LogP contribution in [0.4, 0.5) is 0 Å². The molecule has 0 amide bonds. The first-order chi connectivity index (χ1) is 14.8. The molecule has 168 valence electrons. The van der Waals surface area contributed by atoms with Crippen LogP contribution in [0.3, 0.4) is 0 Å². The maximum absolute atomic E-state index is 11.5. The number of esters is 2. The van der Waals surface area contributed by atoms with Gasteiger partial charge in [0.1, 0.15) is 0 Å². The highest BCUT2D eigenvalue weighted by atomic mass is 16.5. The SMILES string of the molecule is C=C(C=Cc1ccccc1)C(=O)OCCCC.CCOC(=O)C(C=C(C)C(=O)O)=CO. The number of hydrogen-bond acceptors (Lipinski definition) is 6. The number of aliphatic hydroxyl groups excluding tert-OH is 1. The van der Waals surface area contributed by atoms with Gasteiger partial charge in [0, 0.05) is 5.57 Å². The van der Waals surface area contributed by atoms with Crippen molar-refractivity contribution in [3.8, 4) is 0 Å². The number of unbranched alkanes of at least 4 members (excludes halogenated alkanes) is 1. The molecule has 1 aromatic rings. The van der Waals surface area contributed by atoms with Crippen molar-refractivity contribution in [3.63, 3.8) is 0 Å². The fourth-order valence-electron chi connectivity index (χ4n) is 1.89. The molecule has 0 bridgehead atoms. The van der Waals surface area contributed by atoms with Crippen LogP contribution in [0.25, 0.3) is 6.08 Å². The summed E-state index contributed by atoms with van der Waals surface area (Å²) in [6.45, 7) is 9.29. The number of hydrogen-bond donors (Lipinski definition) is 2. The van der Waals surface area contributed by atoms with Crippen LogP contribution in [0.1, 0.15) is 39.2 Å². The molecular weight excluding hydrogens is 400 g/mol. The number of aliphatic carboxylic acids is 1. The molecule has 0 heterocycles. The summed E-state index contributed by atoms with van der Waals surface area (Å²) in [5.74, 6) is -2.25. The van der Waals surface area contributed by atoms with Crippen LogP contribution < -0.4 is 0 Å². The van der Waals surface area contributed by atoms with Crippen LogP contribution >= 0.6 is 0 Å². The van der Waals surface area contributed by atoms with Crippen LogP contribution in [-0.4, -0.2) is 41.3 Å². The second-order valence-corrected chi connectivity index (χ2v) is 6.20. The van der Waals surface area contributed by atoms with Crippen LogP contribution in [0, 0.1) is 0 Å². The number of rotatable bonds is 10. The van der Waals surface area contributed by atoms with E-state index in [0.29, 0.717) is 18.4 Å². The predicted octanol–water partition coefficient (Wildman–Crippen LogP) is 4.62. The molecule has 7 heteroatoms. The Hall–Kier alpha value is -3.61. The van der Waals surface area contributed by atoms with E-state index >= 15 is 0 Å². The molecule has 0 unspecified atom stereocenters. The molecule has 0 aliphatic heterocycles. The summed E-state index contributed by atoms with van der Waals surface area (Å²) in [5, 5.41) is 17.2. The number of carbonyl (C=O) groups is 3. The van der Waals surface area contributed by atoms with Gasteiger partial charge in [0.15, 0.2) is 0 Å². The molecule has 7 nitrogen and oxygen atoms in total. The fraction of sp³-hybridized carbons (Fsp3) is 0.292. The Morgan fingerprint density at radius 1 is 1.06 bits per heavy atom. The summed E-state index contributed by atoms with van der Waals surface area (Å²) in [6, 6.07) is 9.77. The number of carboxylic acid groups (broad SMARTS) is 1. The topological polar surface area (TPSA) is 110 Å². The maximum Gasteiger partial charge on any atom is 0.341 e. The second-order valence-electron chi connectivity index (χ2n) is 6.20. The minimum atomic E-state index is -1.16. The Labute approximate surface area is 183 Å². The number of aliphatic hydroxyl groups is 1. The zero-order valence-corrected chi connectivity index (χ0v) is 18.2. The van der Waals surface area contributed by atoms with E-state index in [2.05, 4.69) is 18.2 Å². The molecule has 1 aromatic carbocycles. The lowest BCUT2D eigenvalue weighted by Crippen LogP contribution is -2.08. The lowest BCUT2D eigenvalue weighted by Gasteiger charge is -2.02. The molecule has 2 N–H and O–H groups in total. The van der Waals surface area contributed by atoms with E-state index in [-0.39, 0.29) is 23.7 Å². The van der Waals surface area contributed by atoms with E-state index in [1.165, 1.54) is 6.92 Å². The highest BCUT2D eigenvalue weighted by Gasteiger charge is 2.10. The van der Waals surface area contributed by atoms with E-state index in [1.54, 1.807) is 13.0 Å². The first-order valence-electron chi connectivity index (χ1n) is 9.78. The standard InChI is InChI=1S/C15H18O2.C9H12O5/c1-3-4-12-17-15(16)13(2)10-11-14-8-6-5-7-9-14;1-3-14-9(13)7(5-10)4-6(2)8(11)12/h5-11H,2-4,12H2,1H3;4-5,10H,3H2,1-2H3,(H,11,12). The van der Waals surface area contributed by atoms with Crippen molar-refractivity contribution < 1.29 is 34.1 Å². The Morgan fingerprint density at radius 3 is 2.23 bits per heavy atom. The zero-order valence-electron chi connectivity index (χ0n) is 18.2. The Balaban J connectivity index is 0.000000594. The smallest absolute Gasteiger partial charge is 0.341 e. The summed E-state index contributed by atoms with van der Waals surface area (Å²) in [5.41, 5.74) is 1.17. The summed E-state index contributed by atoms with van der Waals surface area (Å²) < 4.78 is 9.61. The van der Waals surface area contributed by atoms with Crippen molar-refractivity contribution in [1.29, 1.82) is 0 Å². The minimum Gasteiger partial charge on any atom is -0.515 e. The van der Waals surface area contributed by atoms with E-state index in [4.69, 9.17) is 14.9 Å². The monoisotopic (exact) mass is 430 g/mol. The summed E-state index contributed by atoms with van der Waals surface area (Å²) in [4.78, 5) is 32.9. The number of benzene rings is 1. The number of carbonyl (C=O) groups excluding carboxylic acids is 2. The summed E-state index contributed by atoms with van der Waals surface area (Å²) >= 11 is 0. The van der Waals surface area contributed by atoms with Gasteiger partial charge in [0.05, 0.1) is 30.6 Å². The lowest BCUT2D eigenvalue weighted by molar-refractivity contribution is -0.139. The molecule has 0 radical (unpaired) electrons. The van der Waals surface area contributed by atoms with Gasteiger partial charge in [-0.25, -0.2) is 14.4 Å². The Morgan fingerprint density at radius 2 is 1.71 bits per heavy atom. The summed E-state index contributed by atoms with van der Waals surface area (Å²) in [7, 11) is 0. The van der Waals surface area contributed by atoms with Gasteiger partial charge in [-0.15, -0.1) is 0 Å². The van der Waals surface area contributed by atoms with E-state index < -0.39 is 11.9 Å². The highest BCUT2D eigenvalue weighted by Crippen LogP contribution is 2.06. The van der Waals surface area contributed by atoms with Gasteiger partial charge in [-0.2, -0.15) is 0 Å². The molecule has 31 heavy (non-hydrogen) atoms. The molecule has 0 aliphatic carbocycles. The minimum absolute atomic E-state index is 0.0571. The average molecular weight is 430 g/mol. The van der Waals surface area contributed by atoms with E-state index in [1.807, 2.05) is 36.4 Å². The third-order valence-corrected chi connectivity index (χ3v) is 3.63. The summed E-state index contributed by atoms with van der Waals surface area (Å²) in [6.07, 6.45) is 7.00. The third-order valence-electron chi connectivity index (χ3n) is 3.63. The van der Waals surface area contributed by atoms with Gasteiger partial charge in [-0.05, 0) is 38.0 Å². The molecule has 0 aliphatic rings.